The first kappa shape index (κ1) is 17.6. The zero-order valence-electron chi connectivity index (χ0n) is 13.1. The fraction of sp³-hybridized carbons (Fsp3) is 0.588. The van der Waals surface area contributed by atoms with Crippen molar-refractivity contribution in [2.24, 2.45) is 17.6 Å². The monoisotopic (exact) mass is 342 g/mol. The summed E-state index contributed by atoms with van der Waals surface area (Å²) in [4.78, 5) is 15.0. The lowest BCUT2D eigenvalue weighted by Gasteiger charge is -2.26. The number of carbonyl (C=O) groups is 1. The van der Waals surface area contributed by atoms with E-state index in [1.165, 1.54) is 0 Å². The zero-order valence-corrected chi connectivity index (χ0v) is 14.7. The van der Waals surface area contributed by atoms with Crippen molar-refractivity contribution in [3.8, 4) is 0 Å². The van der Waals surface area contributed by atoms with Crippen LogP contribution in [0.5, 0.6) is 0 Å². The Hall–Kier alpha value is -0.770. The lowest BCUT2D eigenvalue weighted by atomic mass is 9.87. The number of nitrogens with zero attached hydrogens (tertiary/aromatic N) is 1. The van der Waals surface area contributed by atoms with Gasteiger partial charge in [-0.05, 0) is 37.4 Å². The number of fused-ring (bicyclic) bond motifs is 1. The number of benzene rings is 1. The highest BCUT2D eigenvalue weighted by molar-refractivity contribution is 6.32. The number of nitrogens with two attached hydrogens (primary N) is 1. The van der Waals surface area contributed by atoms with Gasteiger partial charge in [-0.15, -0.1) is 12.4 Å². The number of amides is 1. The largest absolute Gasteiger partial charge is 0.330 e. The molecule has 2 aliphatic rings. The highest BCUT2D eigenvalue weighted by Crippen LogP contribution is 2.46. The van der Waals surface area contributed by atoms with Crippen LogP contribution in [-0.4, -0.2) is 19.0 Å². The molecule has 1 aromatic rings. The average Bonchev–Trinajstić information content (AvgIpc) is 3.01. The summed E-state index contributed by atoms with van der Waals surface area (Å²) < 4.78 is 0. The maximum Gasteiger partial charge on any atom is 0.230 e. The molecule has 2 atom stereocenters. The molecule has 1 aliphatic carbocycles. The van der Waals surface area contributed by atoms with Crippen molar-refractivity contribution in [2.75, 3.05) is 18.0 Å². The van der Waals surface area contributed by atoms with Crippen molar-refractivity contribution in [1.29, 1.82) is 0 Å². The van der Waals surface area contributed by atoms with E-state index in [2.05, 4.69) is 13.8 Å². The summed E-state index contributed by atoms with van der Waals surface area (Å²) in [6, 6.07) is 5.85. The molecule has 0 bridgehead atoms. The number of carbonyl (C=O) groups excluding carboxylic acids is 1. The van der Waals surface area contributed by atoms with E-state index in [-0.39, 0.29) is 29.6 Å². The van der Waals surface area contributed by atoms with E-state index in [1.807, 2.05) is 23.1 Å². The zero-order chi connectivity index (χ0) is 15.2. The number of hydrogen-bond acceptors (Lipinski definition) is 2. The Kier molecular flexibility index (Phi) is 5.10. The SMILES string of the molecule is CC1(C)CN(C(=O)[C@@H]2CCC[C@@H]2CN)c2cccc(Cl)c21.Cl. The minimum atomic E-state index is -0.0971. The highest BCUT2D eigenvalue weighted by Gasteiger charge is 2.43. The first-order valence-electron chi connectivity index (χ1n) is 7.76. The molecular formula is C17H24Cl2N2O. The molecule has 3 rings (SSSR count). The van der Waals surface area contributed by atoms with Crippen molar-refractivity contribution >= 4 is 35.6 Å². The number of hydrogen-bond donors (Lipinski definition) is 1. The molecule has 0 radical (unpaired) electrons. The van der Waals surface area contributed by atoms with Gasteiger partial charge in [0.1, 0.15) is 0 Å². The second-order valence-corrected chi connectivity index (χ2v) is 7.38. The molecule has 0 unspecified atom stereocenters. The quantitative estimate of drug-likeness (QED) is 0.889. The third kappa shape index (κ3) is 2.75. The van der Waals surface area contributed by atoms with Crippen molar-refractivity contribution in [3.63, 3.8) is 0 Å². The number of rotatable bonds is 2. The van der Waals surface area contributed by atoms with Crippen molar-refractivity contribution in [2.45, 2.75) is 38.5 Å². The molecule has 0 spiro atoms. The summed E-state index contributed by atoms with van der Waals surface area (Å²) >= 11 is 6.38. The lowest BCUT2D eigenvalue weighted by Crippen LogP contribution is -2.40. The normalized spacial score (nSPS) is 25.7. The Morgan fingerprint density at radius 2 is 2.14 bits per heavy atom. The van der Waals surface area contributed by atoms with Crippen LogP contribution in [0.2, 0.25) is 5.02 Å². The summed E-state index contributed by atoms with van der Waals surface area (Å²) in [5.41, 5.74) is 7.83. The molecule has 122 valence electrons. The molecule has 1 heterocycles. The standard InChI is InChI=1S/C17H23ClN2O.ClH/c1-17(2)10-20(14-8-4-7-13(18)15(14)17)16(21)12-6-3-5-11(12)9-19;/h4,7-8,11-12H,3,5-6,9-10,19H2,1-2H3;1H/t11-,12-;/m1./s1. The van der Waals surface area contributed by atoms with E-state index in [0.29, 0.717) is 19.0 Å². The fourth-order valence-corrected chi connectivity index (χ4v) is 4.43. The molecule has 0 saturated heterocycles. The molecule has 1 amide bonds. The van der Waals surface area contributed by atoms with Crippen molar-refractivity contribution in [3.05, 3.63) is 28.8 Å². The lowest BCUT2D eigenvalue weighted by molar-refractivity contribution is -0.123. The predicted octanol–water partition coefficient (Wildman–Crippen LogP) is 3.76. The summed E-state index contributed by atoms with van der Waals surface area (Å²) in [5, 5.41) is 0.759. The van der Waals surface area contributed by atoms with Gasteiger partial charge in [0.15, 0.2) is 0 Å². The van der Waals surface area contributed by atoms with E-state index < -0.39 is 0 Å². The van der Waals surface area contributed by atoms with Gasteiger partial charge in [0.2, 0.25) is 5.91 Å². The first-order valence-corrected chi connectivity index (χ1v) is 8.14. The van der Waals surface area contributed by atoms with Gasteiger partial charge in [0.25, 0.3) is 0 Å². The minimum absolute atomic E-state index is 0. The van der Waals surface area contributed by atoms with Gasteiger partial charge in [-0.2, -0.15) is 0 Å². The average molecular weight is 343 g/mol. The van der Waals surface area contributed by atoms with Crippen LogP contribution in [0.3, 0.4) is 0 Å². The molecule has 0 aromatic heterocycles. The third-order valence-corrected chi connectivity index (χ3v) is 5.37. The van der Waals surface area contributed by atoms with E-state index in [1.54, 1.807) is 0 Å². The Morgan fingerprint density at radius 1 is 1.41 bits per heavy atom. The van der Waals surface area contributed by atoms with Gasteiger partial charge in [-0.1, -0.05) is 37.9 Å². The first-order chi connectivity index (χ1) is 9.95. The van der Waals surface area contributed by atoms with Crippen LogP contribution in [0, 0.1) is 11.8 Å². The molecule has 2 N–H and O–H groups in total. The topological polar surface area (TPSA) is 46.3 Å². The Labute approximate surface area is 143 Å². The Balaban J connectivity index is 0.00000176. The van der Waals surface area contributed by atoms with Gasteiger partial charge >= 0.3 is 0 Å². The molecule has 5 heteroatoms. The fourth-order valence-electron chi connectivity index (χ4n) is 4.01. The van der Waals surface area contributed by atoms with Gasteiger partial charge < -0.3 is 10.6 Å². The van der Waals surface area contributed by atoms with Crippen molar-refractivity contribution < 1.29 is 4.79 Å². The van der Waals surface area contributed by atoms with Crippen LogP contribution in [0.4, 0.5) is 5.69 Å². The van der Waals surface area contributed by atoms with E-state index in [4.69, 9.17) is 17.3 Å². The molecule has 3 nitrogen and oxygen atoms in total. The maximum atomic E-state index is 13.0. The Bertz CT molecular complexity index is 574. The van der Waals surface area contributed by atoms with Crippen LogP contribution < -0.4 is 10.6 Å². The third-order valence-electron chi connectivity index (χ3n) is 5.06. The molecule has 22 heavy (non-hydrogen) atoms. The van der Waals surface area contributed by atoms with Crippen LogP contribution >= 0.6 is 24.0 Å². The molecular weight excluding hydrogens is 319 g/mol. The van der Waals surface area contributed by atoms with Crippen LogP contribution in [0.15, 0.2) is 18.2 Å². The number of halogens is 2. The van der Waals surface area contributed by atoms with E-state index in [0.717, 1.165) is 35.5 Å². The maximum absolute atomic E-state index is 13.0. The van der Waals surface area contributed by atoms with Crippen LogP contribution in [0.25, 0.3) is 0 Å². The second kappa shape index (κ2) is 6.38. The Morgan fingerprint density at radius 3 is 2.82 bits per heavy atom. The predicted molar refractivity (Wildman–Crippen MR) is 94.0 cm³/mol. The summed E-state index contributed by atoms with van der Waals surface area (Å²) in [6.45, 7) is 5.62. The van der Waals surface area contributed by atoms with E-state index >= 15 is 0 Å². The summed E-state index contributed by atoms with van der Waals surface area (Å²) in [7, 11) is 0. The summed E-state index contributed by atoms with van der Waals surface area (Å²) in [5.74, 6) is 0.650. The van der Waals surface area contributed by atoms with Crippen LogP contribution in [-0.2, 0) is 10.2 Å². The summed E-state index contributed by atoms with van der Waals surface area (Å²) in [6.07, 6.45) is 3.15. The molecule has 1 saturated carbocycles. The van der Waals surface area contributed by atoms with Gasteiger partial charge in [-0.3, -0.25) is 4.79 Å². The van der Waals surface area contributed by atoms with Crippen LogP contribution in [0.1, 0.15) is 38.7 Å². The van der Waals surface area contributed by atoms with Gasteiger partial charge in [-0.25, -0.2) is 0 Å². The molecule has 1 fully saturated rings. The van der Waals surface area contributed by atoms with Gasteiger partial charge in [0, 0.05) is 34.2 Å². The smallest absolute Gasteiger partial charge is 0.230 e. The molecule has 1 aliphatic heterocycles. The highest BCUT2D eigenvalue weighted by atomic mass is 35.5. The van der Waals surface area contributed by atoms with Gasteiger partial charge in [0.05, 0.1) is 0 Å². The second-order valence-electron chi connectivity index (χ2n) is 6.98. The van der Waals surface area contributed by atoms with E-state index in [9.17, 15) is 4.79 Å². The number of anilines is 1. The minimum Gasteiger partial charge on any atom is -0.330 e. The van der Waals surface area contributed by atoms with Crippen molar-refractivity contribution in [1.82, 2.24) is 0 Å². The molecule has 1 aromatic carbocycles.